The van der Waals surface area contributed by atoms with Gasteiger partial charge in [0.25, 0.3) is 5.91 Å². The number of anilines is 2. The van der Waals surface area contributed by atoms with Gasteiger partial charge in [0.1, 0.15) is 11.3 Å². The first-order chi connectivity index (χ1) is 13.7. The molecule has 4 rings (SSSR count). The number of nitrogens with zero attached hydrogens (tertiary/aromatic N) is 5. The van der Waals surface area contributed by atoms with Crippen LogP contribution < -0.4 is 15.5 Å². The second kappa shape index (κ2) is 6.87. The van der Waals surface area contributed by atoms with Crippen LogP contribution in [0.15, 0.2) is 24.5 Å². The summed E-state index contributed by atoms with van der Waals surface area (Å²) >= 11 is 0. The SMILES string of the molecule is NC(=O)c1cc(F)cc2[nH]c(N3CCN(c4ncc(C(F)(F)F)cn4)CC3)nc12. The Morgan fingerprint density at radius 1 is 1.07 bits per heavy atom. The van der Waals surface area contributed by atoms with Crippen molar-refractivity contribution in [3.8, 4) is 0 Å². The standard InChI is InChI=1S/C17H15F4N7O/c18-10-5-11(14(22)29)13-12(6-10)25-16(26-13)28-3-1-27(2-4-28)15-23-7-9(8-24-15)17(19,20)21/h5-8H,1-4H2,(H2,22,29)(H,25,26). The number of alkyl halides is 3. The predicted molar refractivity (Wildman–Crippen MR) is 96.0 cm³/mol. The Balaban J connectivity index is 1.50. The molecule has 1 saturated heterocycles. The molecule has 0 radical (unpaired) electrons. The lowest BCUT2D eigenvalue weighted by molar-refractivity contribution is -0.138. The third kappa shape index (κ3) is 3.65. The molecule has 3 aromatic rings. The zero-order chi connectivity index (χ0) is 20.8. The molecule has 1 aliphatic heterocycles. The number of carbonyl (C=O) groups is 1. The van der Waals surface area contributed by atoms with Gasteiger partial charge in [0.15, 0.2) is 0 Å². The number of aromatic nitrogens is 4. The highest BCUT2D eigenvalue weighted by molar-refractivity contribution is 6.04. The van der Waals surface area contributed by atoms with Crippen molar-refractivity contribution >= 4 is 28.8 Å². The van der Waals surface area contributed by atoms with E-state index in [2.05, 4.69) is 19.9 Å². The summed E-state index contributed by atoms with van der Waals surface area (Å²) in [5.74, 6) is -0.732. The third-order valence-corrected chi connectivity index (χ3v) is 4.63. The van der Waals surface area contributed by atoms with Gasteiger partial charge in [-0.1, -0.05) is 0 Å². The van der Waals surface area contributed by atoms with Crippen LogP contribution in [0.5, 0.6) is 0 Å². The Labute approximate surface area is 161 Å². The quantitative estimate of drug-likeness (QED) is 0.641. The number of halogens is 4. The average Bonchev–Trinajstić information content (AvgIpc) is 3.10. The fraction of sp³-hybridized carbons (Fsp3) is 0.294. The van der Waals surface area contributed by atoms with Crippen molar-refractivity contribution in [3.05, 3.63) is 41.5 Å². The van der Waals surface area contributed by atoms with Crippen molar-refractivity contribution in [1.29, 1.82) is 0 Å². The van der Waals surface area contributed by atoms with Crippen LogP contribution in [-0.2, 0) is 6.18 Å². The highest BCUT2D eigenvalue weighted by atomic mass is 19.4. The molecule has 0 bridgehead atoms. The number of aromatic amines is 1. The van der Waals surface area contributed by atoms with Gasteiger partial charge in [0, 0.05) is 38.6 Å². The van der Waals surface area contributed by atoms with Gasteiger partial charge in [-0.3, -0.25) is 4.79 Å². The minimum atomic E-state index is -4.48. The number of primary amides is 1. The Morgan fingerprint density at radius 2 is 1.69 bits per heavy atom. The topological polar surface area (TPSA) is 104 Å². The number of hydrogen-bond donors (Lipinski definition) is 2. The van der Waals surface area contributed by atoms with Crippen LogP contribution in [0, 0.1) is 5.82 Å². The van der Waals surface area contributed by atoms with Crippen LogP contribution in [-0.4, -0.2) is 52.0 Å². The maximum Gasteiger partial charge on any atom is 0.419 e. The summed E-state index contributed by atoms with van der Waals surface area (Å²) in [7, 11) is 0. The third-order valence-electron chi connectivity index (χ3n) is 4.63. The summed E-state index contributed by atoms with van der Waals surface area (Å²) in [4.78, 5) is 30.1. The lowest BCUT2D eigenvalue weighted by Crippen LogP contribution is -2.47. The second-order valence-corrected chi connectivity index (χ2v) is 6.52. The van der Waals surface area contributed by atoms with E-state index in [-0.39, 0.29) is 17.0 Å². The van der Waals surface area contributed by atoms with E-state index in [4.69, 9.17) is 5.73 Å². The number of imidazole rings is 1. The Morgan fingerprint density at radius 3 is 2.28 bits per heavy atom. The highest BCUT2D eigenvalue weighted by Crippen LogP contribution is 2.29. The Hall–Kier alpha value is -3.44. The number of H-pyrrole nitrogens is 1. The number of nitrogens with one attached hydrogen (secondary N) is 1. The molecular formula is C17H15F4N7O. The van der Waals surface area contributed by atoms with Crippen LogP contribution in [0.1, 0.15) is 15.9 Å². The Bertz CT molecular complexity index is 1060. The normalized spacial score (nSPS) is 15.2. The van der Waals surface area contributed by atoms with Gasteiger partial charge in [-0.05, 0) is 12.1 Å². The smallest absolute Gasteiger partial charge is 0.366 e. The van der Waals surface area contributed by atoms with Crippen LogP contribution in [0.25, 0.3) is 11.0 Å². The van der Waals surface area contributed by atoms with E-state index in [1.807, 2.05) is 4.90 Å². The molecule has 0 aliphatic carbocycles. The number of amides is 1. The van der Waals surface area contributed by atoms with E-state index < -0.39 is 23.5 Å². The molecule has 152 valence electrons. The minimum absolute atomic E-state index is 0.0145. The van der Waals surface area contributed by atoms with Gasteiger partial charge in [-0.2, -0.15) is 13.2 Å². The molecule has 0 atom stereocenters. The summed E-state index contributed by atoms with van der Waals surface area (Å²) in [6, 6.07) is 2.26. The van der Waals surface area contributed by atoms with Crippen molar-refractivity contribution < 1.29 is 22.4 Å². The first-order valence-corrected chi connectivity index (χ1v) is 8.60. The zero-order valence-corrected chi connectivity index (χ0v) is 14.9. The van der Waals surface area contributed by atoms with Gasteiger partial charge in [0.05, 0.1) is 16.6 Å². The number of rotatable bonds is 3. The van der Waals surface area contributed by atoms with Gasteiger partial charge in [-0.25, -0.2) is 19.3 Å². The van der Waals surface area contributed by atoms with Crippen molar-refractivity contribution in [2.45, 2.75) is 6.18 Å². The van der Waals surface area contributed by atoms with Crippen molar-refractivity contribution in [2.75, 3.05) is 36.0 Å². The molecule has 1 aliphatic rings. The lowest BCUT2D eigenvalue weighted by Gasteiger charge is -2.34. The molecule has 2 aromatic heterocycles. The van der Waals surface area contributed by atoms with E-state index in [0.29, 0.717) is 37.6 Å². The molecule has 8 nitrogen and oxygen atoms in total. The van der Waals surface area contributed by atoms with Gasteiger partial charge in [-0.15, -0.1) is 0 Å². The summed E-state index contributed by atoms with van der Waals surface area (Å²) in [5.41, 5.74) is 5.00. The molecule has 0 unspecified atom stereocenters. The maximum atomic E-state index is 13.7. The van der Waals surface area contributed by atoms with Crippen molar-refractivity contribution in [2.24, 2.45) is 5.73 Å². The molecule has 1 amide bonds. The summed E-state index contributed by atoms with van der Waals surface area (Å²) in [6.07, 6.45) is -2.97. The van der Waals surface area contributed by atoms with E-state index >= 15 is 0 Å². The molecule has 3 N–H and O–H groups in total. The van der Waals surface area contributed by atoms with E-state index in [1.54, 1.807) is 4.90 Å². The number of nitrogens with two attached hydrogens (primary N) is 1. The van der Waals surface area contributed by atoms with Gasteiger partial charge < -0.3 is 20.5 Å². The highest BCUT2D eigenvalue weighted by Gasteiger charge is 2.32. The molecule has 0 saturated carbocycles. The fourth-order valence-electron chi connectivity index (χ4n) is 3.16. The second-order valence-electron chi connectivity index (χ2n) is 6.52. The predicted octanol–water partition coefficient (Wildman–Crippen LogP) is 1.94. The van der Waals surface area contributed by atoms with E-state index in [1.165, 1.54) is 6.07 Å². The molecule has 3 heterocycles. The van der Waals surface area contributed by atoms with Crippen molar-refractivity contribution in [3.63, 3.8) is 0 Å². The number of hydrogen-bond acceptors (Lipinski definition) is 6. The summed E-state index contributed by atoms with van der Waals surface area (Å²) < 4.78 is 51.6. The van der Waals surface area contributed by atoms with Crippen LogP contribution in [0.2, 0.25) is 0 Å². The molecule has 1 fully saturated rings. The van der Waals surface area contributed by atoms with E-state index in [0.717, 1.165) is 18.5 Å². The number of carbonyl (C=O) groups excluding carboxylic acids is 1. The largest absolute Gasteiger partial charge is 0.419 e. The average molecular weight is 409 g/mol. The number of fused-ring (bicyclic) bond motifs is 1. The monoisotopic (exact) mass is 409 g/mol. The first kappa shape index (κ1) is 18.9. The molecular weight excluding hydrogens is 394 g/mol. The van der Waals surface area contributed by atoms with Crippen LogP contribution >= 0.6 is 0 Å². The van der Waals surface area contributed by atoms with Crippen LogP contribution in [0.4, 0.5) is 29.5 Å². The number of piperazine rings is 1. The lowest BCUT2D eigenvalue weighted by atomic mass is 10.1. The summed E-state index contributed by atoms with van der Waals surface area (Å²) in [5, 5.41) is 0. The molecule has 0 spiro atoms. The minimum Gasteiger partial charge on any atom is -0.366 e. The molecule has 1 aromatic carbocycles. The van der Waals surface area contributed by atoms with Gasteiger partial charge in [0.2, 0.25) is 11.9 Å². The van der Waals surface area contributed by atoms with Gasteiger partial charge >= 0.3 is 6.18 Å². The van der Waals surface area contributed by atoms with Crippen molar-refractivity contribution in [1.82, 2.24) is 19.9 Å². The Kier molecular flexibility index (Phi) is 4.47. The molecule has 12 heteroatoms. The molecule has 29 heavy (non-hydrogen) atoms. The summed E-state index contributed by atoms with van der Waals surface area (Å²) in [6.45, 7) is 1.83. The number of benzene rings is 1. The van der Waals surface area contributed by atoms with E-state index in [9.17, 15) is 22.4 Å². The fourth-order valence-corrected chi connectivity index (χ4v) is 3.16. The first-order valence-electron chi connectivity index (χ1n) is 8.60. The van der Waals surface area contributed by atoms with Crippen LogP contribution in [0.3, 0.4) is 0 Å². The zero-order valence-electron chi connectivity index (χ0n) is 14.9. The maximum absolute atomic E-state index is 13.7.